The lowest BCUT2D eigenvalue weighted by Crippen LogP contribution is -2.36. The molecule has 0 fully saturated rings. The van der Waals surface area contributed by atoms with Crippen LogP contribution in [0.25, 0.3) is 0 Å². The van der Waals surface area contributed by atoms with Gasteiger partial charge in [0.15, 0.2) is 5.83 Å². The quantitative estimate of drug-likeness (QED) is 0.512. The van der Waals surface area contributed by atoms with Gasteiger partial charge in [-0.05, 0) is 22.6 Å². The maximum Gasteiger partial charge on any atom is 0.460 e. The highest BCUT2D eigenvalue weighted by molar-refractivity contribution is 14.1. The highest BCUT2D eigenvalue weighted by Crippen LogP contribution is 2.41. The summed E-state index contributed by atoms with van der Waals surface area (Å²) in [4.78, 5) is 0. The van der Waals surface area contributed by atoms with Crippen molar-refractivity contribution in [2.45, 2.75) is 12.1 Å². The molecule has 0 aliphatic rings. The van der Waals surface area contributed by atoms with Gasteiger partial charge in [0.25, 0.3) is 0 Å². The molecule has 11 heavy (non-hydrogen) atoms. The van der Waals surface area contributed by atoms with Crippen LogP contribution in [0.4, 0.5) is 26.3 Å². The van der Waals surface area contributed by atoms with E-state index in [9.17, 15) is 26.3 Å². The zero-order valence-electron chi connectivity index (χ0n) is 4.72. The molecule has 0 unspecified atom stereocenters. The van der Waals surface area contributed by atoms with Crippen molar-refractivity contribution in [3.8, 4) is 0 Å². The molecule has 0 spiro atoms. The molecule has 0 bridgehead atoms. The summed E-state index contributed by atoms with van der Waals surface area (Å²) in [5, 5.41) is 0. The van der Waals surface area contributed by atoms with Gasteiger partial charge >= 0.3 is 12.1 Å². The molecule has 0 aromatic rings. The second kappa shape index (κ2) is 3.20. The second-order valence-corrected chi connectivity index (χ2v) is 2.15. The van der Waals surface area contributed by atoms with Crippen molar-refractivity contribution in [3.05, 3.63) is 9.91 Å². The second-order valence-electron chi connectivity index (χ2n) is 1.53. The lowest BCUT2D eigenvalue weighted by molar-refractivity contribution is -0.270. The largest absolute Gasteiger partial charge is 0.460 e. The number of rotatable bonds is 1. The van der Waals surface area contributed by atoms with Crippen molar-refractivity contribution in [1.82, 2.24) is 0 Å². The molecular weight excluding hydrogens is 289 g/mol. The Morgan fingerprint density at radius 3 is 1.55 bits per heavy atom. The number of allylic oxidation sites excluding steroid dienone is 1. The lowest BCUT2D eigenvalue weighted by atomic mass is 10.3. The van der Waals surface area contributed by atoms with Crippen molar-refractivity contribution in [3.63, 3.8) is 0 Å². The number of hydrogen-bond acceptors (Lipinski definition) is 0. The normalized spacial score (nSPS) is 15.4. The van der Waals surface area contributed by atoms with Crippen molar-refractivity contribution >= 4 is 22.6 Å². The molecule has 0 nitrogen and oxygen atoms in total. The Balaban J connectivity index is 4.74. The Bertz CT molecular complexity index is 168. The summed E-state index contributed by atoms with van der Waals surface area (Å²) in [5.74, 6) is -7.86. The summed E-state index contributed by atoms with van der Waals surface area (Å²) in [7, 11) is 0. The summed E-state index contributed by atoms with van der Waals surface area (Å²) < 4.78 is 69.0. The highest BCUT2D eigenvalue weighted by atomic mass is 127. The van der Waals surface area contributed by atoms with E-state index >= 15 is 0 Å². The number of hydrogen-bond donors (Lipinski definition) is 0. The average Bonchev–Trinajstić information content (AvgIpc) is 1.83. The summed E-state index contributed by atoms with van der Waals surface area (Å²) >= 11 is 0.962. The van der Waals surface area contributed by atoms with Crippen LogP contribution in [0.2, 0.25) is 0 Å². The zero-order chi connectivity index (χ0) is 9.28. The van der Waals surface area contributed by atoms with Crippen molar-refractivity contribution in [1.29, 1.82) is 0 Å². The third kappa shape index (κ3) is 2.24. The molecule has 66 valence electrons. The predicted molar refractivity (Wildman–Crippen MR) is 34.2 cm³/mol. The smallest absolute Gasteiger partial charge is 0.204 e. The number of alkyl halides is 5. The van der Waals surface area contributed by atoms with E-state index in [0.29, 0.717) is 0 Å². The van der Waals surface area contributed by atoms with Gasteiger partial charge < -0.3 is 0 Å². The monoisotopic (exact) mass is 290 g/mol. The van der Waals surface area contributed by atoms with Gasteiger partial charge in [-0.15, -0.1) is 0 Å². The summed E-state index contributed by atoms with van der Waals surface area (Å²) in [5.41, 5.74) is 0. The van der Waals surface area contributed by atoms with Gasteiger partial charge in [-0.2, -0.15) is 22.0 Å². The van der Waals surface area contributed by atoms with E-state index in [1.54, 1.807) is 0 Å². The maximum absolute atomic E-state index is 11.8. The molecule has 0 heterocycles. The van der Waals surface area contributed by atoms with E-state index in [1.165, 1.54) is 0 Å². The molecule has 0 saturated carbocycles. The first-order valence-corrected chi connectivity index (χ1v) is 3.39. The van der Waals surface area contributed by atoms with Crippen molar-refractivity contribution in [2.75, 3.05) is 0 Å². The third-order valence-corrected chi connectivity index (χ3v) is 1.30. The average molecular weight is 290 g/mol. The van der Waals surface area contributed by atoms with Crippen LogP contribution in [0, 0.1) is 0 Å². The molecule has 0 radical (unpaired) electrons. The zero-order valence-corrected chi connectivity index (χ0v) is 6.88. The molecule has 0 atom stereocenters. The molecule has 0 aromatic carbocycles. The SMILES string of the molecule is FC(=CI)C(F)(F)C(F)(F)F. The lowest BCUT2D eigenvalue weighted by Gasteiger charge is -2.16. The summed E-state index contributed by atoms with van der Waals surface area (Å²) in [6.45, 7) is 0. The molecule has 0 rings (SSSR count). The highest BCUT2D eigenvalue weighted by Gasteiger charge is 2.61. The van der Waals surface area contributed by atoms with Gasteiger partial charge in [-0.1, -0.05) is 0 Å². The molecule has 0 N–H and O–H groups in total. The van der Waals surface area contributed by atoms with Gasteiger partial charge in [-0.25, -0.2) is 4.39 Å². The summed E-state index contributed by atoms with van der Waals surface area (Å²) in [6.07, 6.45) is -5.86. The van der Waals surface area contributed by atoms with E-state index in [1.807, 2.05) is 0 Å². The van der Waals surface area contributed by atoms with Crippen LogP contribution in [-0.2, 0) is 0 Å². The number of halogens is 7. The Labute approximate surface area is 71.4 Å². The fourth-order valence-electron chi connectivity index (χ4n) is 0.204. The van der Waals surface area contributed by atoms with Crippen molar-refractivity contribution < 1.29 is 26.3 Å². The first-order chi connectivity index (χ1) is 4.73. The predicted octanol–water partition coefficient (Wildman–Crippen LogP) is 3.43. The first kappa shape index (κ1) is 11.1. The Hall–Kier alpha value is 0.0500. The van der Waals surface area contributed by atoms with Crippen LogP contribution < -0.4 is 0 Å². The van der Waals surface area contributed by atoms with E-state index in [-0.39, 0.29) is 4.08 Å². The standard InChI is InChI=1S/C4HF6I/c5-2(1-11)3(6,7)4(8,9)10/h1H. The Kier molecular flexibility index (Phi) is 3.21. The third-order valence-electron chi connectivity index (χ3n) is 0.752. The van der Waals surface area contributed by atoms with Gasteiger partial charge in [0.05, 0.1) is 0 Å². The molecular formula is C4HF6I. The van der Waals surface area contributed by atoms with E-state index in [2.05, 4.69) is 0 Å². The van der Waals surface area contributed by atoms with Gasteiger partial charge in [-0.3, -0.25) is 0 Å². The minimum absolute atomic E-state index is 0.0469. The van der Waals surface area contributed by atoms with E-state index in [4.69, 9.17) is 0 Å². The van der Waals surface area contributed by atoms with Gasteiger partial charge in [0.2, 0.25) is 0 Å². The Morgan fingerprint density at radius 2 is 1.45 bits per heavy atom. The molecule has 0 aromatic heterocycles. The minimum atomic E-state index is -5.86. The minimum Gasteiger partial charge on any atom is -0.204 e. The van der Waals surface area contributed by atoms with Gasteiger partial charge in [0.1, 0.15) is 0 Å². The van der Waals surface area contributed by atoms with Crippen LogP contribution in [0.1, 0.15) is 0 Å². The molecule has 0 aliphatic heterocycles. The van der Waals surface area contributed by atoms with Crippen LogP contribution in [0.3, 0.4) is 0 Å². The van der Waals surface area contributed by atoms with Gasteiger partial charge in [0, 0.05) is 4.08 Å². The van der Waals surface area contributed by atoms with Crippen LogP contribution in [-0.4, -0.2) is 12.1 Å². The fraction of sp³-hybridized carbons (Fsp3) is 0.500. The fourth-order valence-corrected chi connectivity index (χ4v) is 0.595. The van der Waals surface area contributed by atoms with Crippen LogP contribution in [0.5, 0.6) is 0 Å². The van der Waals surface area contributed by atoms with E-state index in [0.717, 1.165) is 22.6 Å². The van der Waals surface area contributed by atoms with Crippen LogP contribution >= 0.6 is 22.6 Å². The molecule has 7 heteroatoms. The molecule has 0 saturated heterocycles. The van der Waals surface area contributed by atoms with E-state index < -0.39 is 17.9 Å². The maximum atomic E-state index is 11.8. The first-order valence-electron chi connectivity index (χ1n) is 2.14. The van der Waals surface area contributed by atoms with Crippen LogP contribution in [0.15, 0.2) is 9.91 Å². The molecule has 0 amide bonds. The topological polar surface area (TPSA) is 0 Å². The van der Waals surface area contributed by atoms with Crippen molar-refractivity contribution in [2.24, 2.45) is 0 Å². The summed E-state index contributed by atoms with van der Waals surface area (Å²) in [6, 6.07) is 0. The Morgan fingerprint density at radius 1 is 1.09 bits per heavy atom. The molecule has 0 aliphatic carbocycles.